The van der Waals surface area contributed by atoms with E-state index in [0.717, 1.165) is 13.0 Å². The summed E-state index contributed by atoms with van der Waals surface area (Å²) in [6, 6.07) is 4.10. The molecule has 0 aliphatic rings. The van der Waals surface area contributed by atoms with Crippen molar-refractivity contribution in [2.24, 2.45) is 0 Å². The van der Waals surface area contributed by atoms with Gasteiger partial charge in [-0.1, -0.05) is 13.0 Å². The lowest BCUT2D eigenvalue weighted by Crippen LogP contribution is -2.22. The monoisotopic (exact) mass is 197 g/mol. The van der Waals surface area contributed by atoms with Gasteiger partial charge in [0.05, 0.1) is 6.54 Å². The minimum absolute atomic E-state index is 0.301. The highest BCUT2D eigenvalue weighted by Gasteiger charge is 2.01. The number of likely N-dealkylation sites (N-methyl/N-ethyl adjacent to an activating group) is 1. The maximum atomic E-state index is 11.2. The zero-order valence-electron chi connectivity index (χ0n) is 7.88. The lowest BCUT2D eigenvalue weighted by atomic mass is 10.2. The summed E-state index contributed by atoms with van der Waals surface area (Å²) in [5.41, 5.74) is 0. The molecular formula is C10H15NOS. The van der Waals surface area contributed by atoms with Crippen LogP contribution in [0.25, 0.3) is 0 Å². The van der Waals surface area contributed by atoms with E-state index in [9.17, 15) is 4.79 Å². The molecule has 0 fully saturated rings. The maximum absolute atomic E-state index is 11.2. The first-order valence-electron chi connectivity index (χ1n) is 4.57. The lowest BCUT2D eigenvalue weighted by molar-refractivity contribution is -0.118. The van der Waals surface area contributed by atoms with Crippen LogP contribution < -0.4 is 5.32 Å². The van der Waals surface area contributed by atoms with Gasteiger partial charge in [-0.05, 0) is 24.4 Å². The number of rotatable bonds is 6. The van der Waals surface area contributed by atoms with Crippen LogP contribution in [-0.4, -0.2) is 18.9 Å². The van der Waals surface area contributed by atoms with Gasteiger partial charge in [-0.2, -0.15) is 0 Å². The molecule has 0 saturated heterocycles. The molecule has 0 aliphatic heterocycles. The molecule has 1 rings (SSSR count). The molecule has 0 radical (unpaired) electrons. The Balaban J connectivity index is 2.15. The third-order valence-corrected chi connectivity index (χ3v) is 2.74. The third-order valence-electron chi connectivity index (χ3n) is 1.80. The van der Waals surface area contributed by atoms with E-state index >= 15 is 0 Å². The average Bonchev–Trinajstić information content (AvgIpc) is 2.64. The Labute approximate surface area is 83.0 Å². The van der Waals surface area contributed by atoms with Gasteiger partial charge in [0.25, 0.3) is 0 Å². The summed E-state index contributed by atoms with van der Waals surface area (Å²) in [7, 11) is 0. The molecule has 1 heterocycles. The third kappa shape index (κ3) is 4.20. The minimum atomic E-state index is 0.301. The summed E-state index contributed by atoms with van der Waals surface area (Å²) < 4.78 is 0. The predicted octanol–water partition coefficient (Wildman–Crippen LogP) is 1.86. The van der Waals surface area contributed by atoms with Crippen LogP contribution in [0.3, 0.4) is 0 Å². The molecule has 0 saturated carbocycles. The van der Waals surface area contributed by atoms with Gasteiger partial charge in [0.2, 0.25) is 0 Å². The van der Waals surface area contributed by atoms with E-state index in [0.29, 0.717) is 18.7 Å². The summed E-state index contributed by atoms with van der Waals surface area (Å²) >= 11 is 1.72. The second-order valence-corrected chi connectivity index (χ2v) is 3.93. The molecule has 72 valence electrons. The van der Waals surface area contributed by atoms with E-state index < -0.39 is 0 Å². The van der Waals surface area contributed by atoms with Crippen molar-refractivity contribution < 1.29 is 4.79 Å². The molecule has 0 spiro atoms. The molecule has 1 aromatic rings. The molecular weight excluding hydrogens is 182 g/mol. The number of carbonyl (C=O) groups excluding carboxylic acids is 1. The first-order chi connectivity index (χ1) is 6.33. The topological polar surface area (TPSA) is 29.1 Å². The number of thiophene rings is 1. The fourth-order valence-electron chi connectivity index (χ4n) is 1.07. The van der Waals surface area contributed by atoms with Crippen molar-refractivity contribution in [3.05, 3.63) is 22.4 Å². The zero-order valence-corrected chi connectivity index (χ0v) is 8.69. The van der Waals surface area contributed by atoms with Gasteiger partial charge in [-0.25, -0.2) is 0 Å². The Kier molecular flexibility index (Phi) is 4.72. The second-order valence-electron chi connectivity index (χ2n) is 2.90. The van der Waals surface area contributed by atoms with Crippen LogP contribution >= 0.6 is 11.3 Å². The Hall–Kier alpha value is -0.670. The van der Waals surface area contributed by atoms with Gasteiger partial charge < -0.3 is 5.32 Å². The number of aryl methyl sites for hydroxylation is 1. The first kappa shape index (κ1) is 10.4. The van der Waals surface area contributed by atoms with Gasteiger partial charge in [0.1, 0.15) is 5.78 Å². The van der Waals surface area contributed by atoms with Crippen LogP contribution in [0.4, 0.5) is 0 Å². The predicted molar refractivity (Wildman–Crippen MR) is 56.2 cm³/mol. The largest absolute Gasteiger partial charge is 0.310 e. The smallest absolute Gasteiger partial charge is 0.146 e. The van der Waals surface area contributed by atoms with Crippen molar-refractivity contribution >= 4 is 17.1 Å². The van der Waals surface area contributed by atoms with E-state index in [1.165, 1.54) is 4.88 Å². The number of nitrogens with one attached hydrogen (secondary N) is 1. The minimum Gasteiger partial charge on any atom is -0.310 e. The molecule has 0 aliphatic carbocycles. The fraction of sp³-hybridized carbons (Fsp3) is 0.500. The lowest BCUT2D eigenvalue weighted by Gasteiger charge is -1.99. The van der Waals surface area contributed by atoms with Gasteiger partial charge in [0.15, 0.2) is 0 Å². The van der Waals surface area contributed by atoms with Crippen molar-refractivity contribution in [1.82, 2.24) is 5.32 Å². The van der Waals surface area contributed by atoms with E-state index in [4.69, 9.17) is 0 Å². The highest BCUT2D eigenvalue weighted by Crippen LogP contribution is 2.10. The van der Waals surface area contributed by atoms with Crippen LogP contribution in [0.1, 0.15) is 18.2 Å². The average molecular weight is 197 g/mol. The molecule has 0 bridgehead atoms. The number of ketones is 1. The molecule has 1 N–H and O–H groups in total. The Morgan fingerprint density at radius 2 is 2.46 bits per heavy atom. The Morgan fingerprint density at radius 1 is 1.62 bits per heavy atom. The quantitative estimate of drug-likeness (QED) is 0.754. The van der Waals surface area contributed by atoms with Crippen molar-refractivity contribution in [2.45, 2.75) is 19.8 Å². The van der Waals surface area contributed by atoms with E-state index in [1.54, 1.807) is 11.3 Å². The standard InChI is InChI=1S/C10H15NOS/c1-2-11-8-9(12)5-6-10-4-3-7-13-10/h3-4,7,11H,2,5-6,8H2,1H3. The Morgan fingerprint density at radius 3 is 3.08 bits per heavy atom. The SMILES string of the molecule is CCNCC(=O)CCc1cccs1. The van der Waals surface area contributed by atoms with E-state index in [2.05, 4.69) is 11.4 Å². The summed E-state index contributed by atoms with van der Waals surface area (Å²) in [6.45, 7) is 3.39. The highest BCUT2D eigenvalue weighted by atomic mass is 32.1. The van der Waals surface area contributed by atoms with Gasteiger partial charge in [-0.15, -0.1) is 11.3 Å². The number of carbonyl (C=O) groups is 1. The molecule has 0 unspecified atom stereocenters. The van der Waals surface area contributed by atoms with Crippen molar-refractivity contribution in [2.75, 3.05) is 13.1 Å². The summed E-state index contributed by atoms with van der Waals surface area (Å²) in [4.78, 5) is 12.5. The molecule has 2 nitrogen and oxygen atoms in total. The van der Waals surface area contributed by atoms with Crippen LogP contribution in [0.15, 0.2) is 17.5 Å². The number of Topliss-reactive ketones (excluding diaryl/α,β-unsaturated/α-hetero) is 1. The Bertz CT molecular complexity index is 243. The number of hydrogen-bond acceptors (Lipinski definition) is 3. The van der Waals surface area contributed by atoms with Gasteiger partial charge >= 0.3 is 0 Å². The molecule has 0 aromatic carbocycles. The molecule has 1 aromatic heterocycles. The summed E-state index contributed by atoms with van der Waals surface area (Å²) in [5.74, 6) is 0.301. The zero-order chi connectivity index (χ0) is 9.52. The fourth-order valence-corrected chi connectivity index (χ4v) is 1.78. The summed E-state index contributed by atoms with van der Waals surface area (Å²) in [5, 5.41) is 5.08. The molecule has 0 atom stereocenters. The normalized spacial score (nSPS) is 10.2. The highest BCUT2D eigenvalue weighted by molar-refractivity contribution is 7.09. The molecule has 3 heteroatoms. The molecule has 0 amide bonds. The van der Waals surface area contributed by atoms with Crippen LogP contribution in [0.2, 0.25) is 0 Å². The van der Waals surface area contributed by atoms with E-state index in [1.807, 2.05) is 18.4 Å². The van der Waals surface area contributed by atoms with Gasteiger partial charge in [-0.3, -0.25) is 4.79 Å². The summed E-state index contributed by atoms with van der Waals surface area (Å²) in [6.07, 6.45) is 1.55. The second kappa shape index (κ2) is 5.89. The van der Waals surface area contributed by atoms with Crippen LogP contribution in [-0.2, 0) is 11.2 Å². The number of hydrogen-bond donors (Lipinski definition) is 1. The van der Waals surface area contributed by atoms with Crippen molar-refractivity contribution in [3.63, 3.8) is 0 Å². The van der Waals surface area contributed by atoms with E-state index in [-0.39, 0.29) is 0 Å². The van der Waals surface area contributed by atoms with Gasteiger partial charge in [0, 0.05) is 11.3 Å². The van der Waals surface area contributed by atoms with Crippen molar-refractivity contribution in [3.8, 4) is 0 Å². The first-order valence-corrected chi connectivity index (χ1v) is 5.45. The van der Waals surface area contributed by atoms with Crippen LogP contribution in [0, 0.1) is 0 Å². The van der Waals surface area contributed by atoms with Crippen LogP contribution in [0.5, 0.6) is 0 Å². The van der Waals surface area contributed by atoms with Crippen molar-refractivity contribution in [1.29, 1.82) is 0 Å². The molecule has 13 heavy (non-hydrogen) atoms. The maximum Gasteiger partial charge on any atom is 0.146 e.